The Morgan fingerprint density at radius 3 is 2.30 bits per heavy atom. The van der Waals surface area contributed by atoms with Crippen LogP contribution < -0.4 is 9.64 Å². The molecule has 2 heterocycles. The standard InChI is InChI=1S/C24H21NO4S/c1-16(2)29-19-12-10-18(11-13-19)25-23(26)21(17-7-4-3-5-8-17)22(24(25)27)30-15-20-9-6-14-28-20/h3-14,16H,15H2,1-2H3. The number of carbonyl (C=O) groups is 2. The van der Waals surface area contributed by atoms with Crippen molar-refractivity contribution in [3.05, 3.63) is 89.2 Å². The Morgan fingerprint density at radius 1 is 0.933 bits per heavy atom. The molecule has 0 aliphatic carbocycles. The maximum atomic E-state index is 13.3. The monoisotopic (exact) mass is 419 g/mol. The molecule has 0 saturated heterocycles. The summed E-state index contributed by atoms with van der Waals surface area (Å²) in [7, 11) is 0. The molecule has 0 fully saturated rings. The van der Waals surface area contributed by atoms with Gasteiger partial charge < -0.3 is 9.15 Å². The van der Waals surface area contributed by atoms with Crippen LogP contribution in [0.15, 0.2) is 82.3 Å². The van der Waals surface area contributed by atoms with Crippen LogP contribution in [0, 0.1) is 0 Å². The van der Waals surface area contributed by atoms with Crippen LogP contribution in [0.4, 0.5) is 5.69 Å². The first-order valence-corrected chi connectivity index (χ1v) is 10.6. The molecule has 3 aromatic rings. The zero-order valence-electron chi connectivity index (χ0n) is 16.7. The van der Waals surface area contributed by atoms with E-state index >= 15 is 0 Å². The Kier molecular flexibility index (Phi) is 5.77. The van der Waals surface area contributed by atoms with E-state index in [0.717, 1.165) is 11.3 Å². The molecule has 0 saturated carbocycles. The van der Waals surface area contributed by atoms with Crippen LogP contribution in [-0.2, 0) is 15.3 Å². The molecule has 6 heteroatoms. The van der Waals surface area contributed by atoms with Crippen LogP contribution in [0.3, 0.4) is 0 Å². The molecule has 1 aliphatic heterocycles. The summed E-state index contributed by atoms with van der Waals surface area (Å²) < 4.78 is 11.0. The minimum Gasteiger partial charge on any atom is -0.491 e. The Morgan fingerprint density at radius 2 is 1.67 bits per heavy atom. The fourth-order valence-electron chi connectivity index (χ4n) is 3.22. The molecule has 1 aromatic heterocycles. The number of amides is 2. The molecule has 0 unspecified atom stereocenters. The summed E-state index contributed by atoms with van der Waals surface area (Å²) in [6, 6.07) is 19.9. The molecular formula is C24H21NO4S. The van der Waals surface area contributed by atoms with Gasteiger partial charge in [-0.1, -0.05) is 30.3 Å². The normalized spacial score (nSPS) is 14.2. The summed E-state index contributed by atoms with van der Waals surface area (Å²) in [5.74, 6) is 1.25. The van der Waals surface area contributed by atoms with Gasteiger partial charge in [-0.3, -0.25) is 9.59 Å². The second kappa shape index (κ2) is 8.63. The molecule has 2 aromatic carbocycles. The van der Waals surface area contributed by atoms with Crippen molar-refractivity contribution in [1.29, 1.82) is 0 Å². The number of nitrogens with zero attached hydrogens (tertiary/aromatic N) is 1. The lowest BCUT2D eigenvalue weighted by Gasteiger charge is -2.16. The number of furan rings is 1. The Hall–Kier alpha value is -3.25. The van der Waals surface area contributed by atoms with Gasteiger partial charge in [0.15, 0.2) is 0 Å². The van der Waals surface area contributed by atoms with Gasteiger partial charge in [0.25, 0.3) is 11.8 Å². The molecule has 1 aliphatic rings. The molecule has 0 atom stereocenters. The third-order valence-electron chi connectivity index (χ3n) is 4.51. The lowest BCUT2D eigenvalue weighted by Crippen LogP contribution is -2.31. The molecule has 152 valence electrons. The topological polar surface area (TPSA) is 59.8 Å². The second-order valence-electron chi connectivity index (χ2n) is 7.04. The van der Waals surface area contributed by atoms with E-state index in [1.807, 2.05) is 50.2 Å². The molecule has 0 bridgehead atoms. The van der Waals surface area contributed by atoms with E-state index in [1.54, 1.807) is 36.6 Å². The van der Waals surface area contributed by atoms with E-state index in [-0.39, 0.29) is 17.9 Å². The third-order valence-corrected chi connectivity index (χ3v) is 5.61. The highest BCUT2D eigenvalue weighted by molar-refractivity contribution is 8.03. The highest BCUT2D eigenvalue weighted by atomic mass is 32.2. The van der Waals surface area contributed by atoms with Crippen LogP contribution in [0.5, 0.6) is 5.75 Å². The van der Waals surface area contributed by atoms with Crippen molar-refractivity contribution in [1.82, 2.24) is 0 Å². The fourth-order valence-corrected chi connectivity index (χ4v) is 4.24. The number of benzene rings is 2. The van der Waals surface area contributed by atoms with E-state index in [0.29, 0.717) is 27.7 Å². The Balaban J connectivity index is 1.67. The summed E-state index contributed by atoms with van der Waals surface area (Å²) in [6.07, 6.45) is 1.64. The summed E-state index contributed by atoms with van der Waals surface area (Å²) in [6.45, 7) is 3.89. The molecule has 5 nitrogen and oxygen atoms in total. The quantitative estimate of drug-likeness (QED) is 0.487. The lowest BCUT2D eigenvalue weighted by atomic mass is 10.1. The number of rotatable bonds is 7. The van der Waals surface area contributed by atoms with E-state index in [4.69, 9.17) is 9.15 Å². The number of hydrogen-bond donors (Lipinski definition) is 0. The van der Waals surface area contributed by atoms with Crippen molar-refractivity contribution in [3.63, 3.8) is 0 Å². The molecule has 0 spiro atoms. The van der Waals surface area contributed by atoms with Crippen LogP contribution >= 0.6 is 11.8 Å². The Bertz CT molecular complexity index is 1070. The average Bonchev–Trinajstić information content (AvgIpc) is 3.34. The largest absolute Gasteiger partial charge is 0.491 e. The summed E-state index contributed by atoms with van der Waals surface area (Å²) in [4.78, 5) is 28.3. The number of anilines is 1. The van der Waals surface area contributed by atoms with Gasteiger partial charge in [-0.25, -0.2) is 4.90 Å². The molecule has 2 amide bonds. The van der Waals surface area contributed by atoms with Crippen LogP contribution in [0.25, 0.3) is 5.57 Å². The van der Waals surface area contributed by atoms with Gasteiger partial charge in [0, 0.05) is 0 Å². The molecule has 30 heavy (non-hydrogen) atoms. The van der Waals surface area contributed by atoms with E-state index in [2.05, 4.69) is 0 Å². The lowest BCUT2D eigenvalue weighted by molar-refractivity contribution is -0.119. The third kappa shape index (κ3) is 4.04. The first-order valence-electron chi connectivity index (χ1n) is 9.65. The minimum absolute atomic E-state index is 0.0434. The SMILES string of the molecule is CC(C)Oc1ccc(N2C(=O)C(SCc3ccco3)=C(c3ccccc3)C2=O)cc1. The first kappa shape index (κ1) is 20.0. The maximum absolute atomic E-state index is 13.3. The summed E-state index contributed by atoms with van der Waals surface area (Å²) in [5, 5.41) is 0. The number of ether oxygens (including phenoxy) is 1. The van der Waals surface area contributed by atoms with Crippen LogP contribution in [0.2, 0.25) is 0 Å². The van der Waals surface area contributed by atoms with Crippen molar-refractivity contribution < 1.29 is 18.7 Å². The van der Waals surface area contributed by atoms with Crippen molar-refractivity contribution in [2.45, 2.75) is 25.7 Å². The van der Waals surface area contributed by atoms with Crippen molar-refractivity contribution in [2.75, 3.05) is 4.90 Å². The maximum Gasteiger partial charge on any atom is 0.272 e. The van der Waals surface area contributed by atoms with Gasteiger partial charge in [-0.2, -0.15) is 0 Å². The number of carbonyl (C=O) groups excluding carboxylic acids is 2. The van der Waals surface area contributed by atoms with Crippen molar-refractivity contribution >= 4 is 34.8 Å². The van der Waals surface area contributed by atoms with E-state index < -0.39 is 0 Å². The van der Waals surface area contributed by atoms with Crippen molar-refractivity contribution in [3.8, 4) is 5.75 Å². The van der Waals surface area contributed by atoms with Gasteiger partial charge in [0.05, 0.1) is 34.3 Å². The van der Waals surface area contributed by atoms with Gasteiger partial charge in [-0.15, -0.1) is 11.8 Å². The zero-order chi connectivity index (χ0) is 21.1. The summed E-state index contributed by atoms with van der Waals surface area (Å²) in [5.41, 5.74) is 1.66. The van der Waals surface area contributed by atoms with Crippen molar-refractivity contribution in [2.24, 2.45) is 0 Å². The fraction of sp³-hybridized carbons (Fsp3) is 0.167. The van der Waals surface area contributed by atoms with Crippen LogP contribution in [0.1, 0.15) is 25.2 Å². The first-order chi connectivity index (χ1) is 14.5. The summed E-state index contributed by atoms with van der Waals surface area (Å²) >= 11 is 1.32. The highest BCUT2D eigenvalue weighted by Crippen LogP contribution is 2.39. The molecule has 0 radical (unpaired) electrons. The highest BCUT2D eigenvalue weighted by Gasteiger charge is 2.40. The van der Waals surface area contributed by atoms with Gasteiger partial charge in [0.2, 0.25) is 0 Å². The average molecular weight is 420 g/mol. The van der Waals surface area contributed by atoms with Gasteiger partial charge in [-0.05, 0) is 55.8 Å². The number of imide groups is 1. The molecule has 0 N–H and O–H groups in total. The number of hydrogen-bond acceptors (Lipinski definition) is 5. The number of thioether (sulfide) groups is 1. The minimum atomic E-state index is -0.328. The van der Waals surface area contributed by atoms with Gasteiger partial charge in [0.1, 0.15) is 11.5 Å². The predicted molar refractivity (Wildman–Crippen MR) is 118 cm³/mol. The zero-order valence-corrected chi connectivity index (χ0v) is 17.5. The Labute approximate surface area is 179 Å². The van der Waals surface area contributed by atoms with E-state index in [9.17, 15) is 9.59 Å². The predicted octanol–water partition coefficient (Wildman–Crippen LogP) is 5.28. The van der Waals surface area contributed by atoms with E-state index in [1.165, 1.54) is 16.7 Å². The molecular weight excluding hydrogens is 398 g/mol. The van der Waals surface area contributed by atoms with Crippen LogP contribution in [-0.4, -0.2) is 17.9 Å². The van der Waals surface area contributed by atoms with Gasteiger partial charge >= 0.3 is 0 Å². The smallest absolute Gasteiger partial charge is 0.272 e. The second-order valence-corrected chi connectivity index (χ2v) is 8.03. The molecule has 4 rings (SSSR count).